The minimum absolute atomic E-state index is 0.0418. The van der Waals surface area contributed by atoms with E-state index >= 15 is 0 Å². The predicted octanol–water partition coefficient (Wildman–Crippen LogP) is 5.07. The van der Waals surface area contributed by atoms with Gasteiger partial charge in [0.25, 0.3) is 11.7 Å². The van der Waals surface area contributed by atoms with Crippen LogP contribution in [0.1, 0.15) is 42.9 Å². The van der Waals surface area contributed by atoms with Crippen LogP contribution in [0.5, 0.6) is 11.5 Å². The molecule has 2 fully saturated rings. The van der Waals surface area contributed by atoms with E-state index in [1.807, 2.05) is 0 Å². The zero-order chi connectivity index (χ0) is 22.3. The van der Waals surface area contributed by atoms with Crippen LogP contribution in [-0.4, -0.2) is 40.0 Å². The molecule has 1 heterocycles. The van der Waals surface area contributed by atoms with E-state index in [1.54, 1.807) is 17.0 Å². The number of hydrogen-bond acceptors (Lipinski definition) is 5. The molecule has 1 unspecified atom stereocenters. The van der Waals surface area contributed by atoms with Crippen LogP contribution in [0.25, 0.3) is 5.76 Å². The van der Waals surface area contributed by atoms with E-state index in [1.165, 1.54) is 31.4 Å². The predicted molar refractivity (Wildman–Crippen MR) is 118 cm³/mol. The summed E-state index contributed by atoms with van der Waals surface area (Å²) in [7, 11) is 1.43. The second kappa shape index (κ2) is 8.44. The molecule has 4 rings (SSSR count). The van der Waals surface area contributed by atoms with Crippen molar-refractivity contribution in [2.45, 2.75) is 37.8 Å². The number of aliphatic hydroxyl groups excluding tert-OH is 1. The molecule has 1 aliphatic carbocycles. The number of rotatable bonds is 4. The molecule has 2 aromatic rings. The molecule has 0 spiro atoms. The first-order valence-electron chi connectivity index (χ1n) is 9.96. The van der Waals surface area contributed by atoms with Gasteiger partial charge in [-0.1, -0.05) is 42.1 Å². The Morgan fingerprint density at radius 1 is 1.06 bits per heavy atom. The van der Waals surface area contributed by atoms with E-state index in [-0.39, 0.29) is 39.5 Å². The molecule has 2 N–H and O–H groups in total. The molecule has 6 nitrogen and oxygen atoms in total. The van der Waals surface area contributed by atoms with Gasteiger partial charge in [0.2, 0.25) is 0 Å². The van der Waals surface area contributed by atoms with Crippen LogP contribution in [-0.2, 0) is 9.59 Å². The van der Waals surface area contributed by atoms with Crippen molar-refractivity contribution in [2.24, 2.45) is 0 Å². The summed E-state index contributed by atoms with van der Waals surface area (Å²) in [6.45, 7) is 0. The number of ether oxygens (including phenoxy) is 1. The molecule has 0 radical (unpaired) electrons. The fourth-order valence-corrected chi connectivity index (χ4v) is 4.71. The van der Waals surface area contributed by atoms with Gasteiger partial charge in [0.15, 0.2) is 11.5 Å². The molecular formula is C23H21Cl2NO5. The van der Waals surface area contributed by atoms with Crippen LogP contribution in [0.3, 0.4) is 0 Å². The summed E-state index contributed by atoms with van der Waals surface area (Å²) in [4.78, 5) is 27.7. The van der Waals surface area contributed by atoms with E-state index in [4.69, 9.17) is 27.9 Å². The van der Waals surface area contributed by atoms with Crippen molar-refractivity contribution in [3.05, 3.63) is 63.1 Å². The number of methoxy groups -OCH3 is 1. The number of aromatic hydroxyl groups is 1. The Balaban J connectivity index is 1.90. The number of amides is 1. The molecule has 8 heteroatoms. The minimum Gasteiger partial charge on any atom is -0.507 e. The number of phenolic OH excluding ortho intramolecular Hbond substituents is 1. The van der Waals surface area contributed by atoms with Crippen LogP contribution in [0.2, 0.25) is 10.0 Å². The first-order chi connectivity index (χ1) is 14.8. The average molecular weight is 462 g/mol. The Bertz CT molecular complexity index is 1090. The summed E-state index contributed by atoms with van der Waals surface area (Å²) in [5, 5.41) is 21.9. The monoisotopic (exact) mass is 461 g/mol. The number of Topliss-reactive ketones (excluding diaryl/α,β-unsaturated/α-hetero) is 1. The van der Waals surface area contributed by atoms with Crippen molar-refractivity contribution in [3.8, 4) is 11.5 Å². The van der Waals surface area contributed by atoms with Crippen LogP contribution in [0.15, 0.2) is 42.0 Å². The number of halogens is 2. The van der Waals surface area contributed by atoms with Crippen LogP contribution in [0.4, 0.5) is 0 Å². The molecule has 1 aliphatic heterocycles. The highest BCUT2D eigenvalue weighted by atomic mass is 35.5. The Morgan fingerprint density at radius 2 is 1.77 bits per heavy atom. The van der Waals surface area contributed by atoms with Crippen molar-refractivity contribution >= 4 is 40.7 Å². The van der Waals surface area contributed by atoms with Crippen LogP contribution < -0.4 is 4.74 Å². The van der Waals surface area contributed by atoms with Gasteiger partial charge in [0.1, 0.15) is 5.76 Å². The zero-order valence-corrected chi connectivity index (χ0v) is 18.3. The van der Waals surface area contributed by atoms with Gasteiger partial charge in [-0.2, -0.15) is 0 Å². The molecule has 1 atom stereocenters. The third-order valence-electron chi connectivity index (χ3n) is 5.91. The van der Waals surface area contributed by atoms with E-state index in [0.29, 0.717) is 10.6 Å². The Labute approximate surface area is 189 Å². The number of phenols is 1. The van der Waals surface area contributed by atoms with E-state index in [0.717, 1.165) is 25.7 Å². The number of carbonyl (C=O) groups is 2. The van der Waals surface area contributed by atoms with E-state index < -0.39 is 17.7 Å². The number of nitrogens with zero attached hydrogens (tertiary/aromatic N) is 1. The number of benzene rings is 2. The number of ketones is 1. The lowest BCUT2D eigenvalue weighted by Gasteiger charge is -2.31. The van der Waals surface area contributed by atoms with Gasteiger partial charge in [0, 0.05) is 11.6 Å². The normalized spacial score (nSPS) is 21.1. The van der Waals surface area contributed by atoms with Crippen molar-refractivity contribution < 1.29 is 24.5 Å². The Kier molecular flexibility index (Phi) is 5.86. The van der Waals surface area contributed by atoms with Gasteiger partial charge >= 0.3 is 0 Å². The van der Waals surface area contributed by atoms with Crippen molar-refractivity contribution in [1.82, 2.24) is 4.90 Å². The molecule has 162 valence electrons. The molecule has 0 aromatic heterocycles. The van der Waals surface area contributed by atoms with Gasteiger partial charge in [0.05, 0.1) is 28.8 Å². The lowest BCUT2D eigenvalue weighted by atomic mass is 9.94. The number of likely N-dealkylation sites (tertiary alicyclic amines) is 1. The van der Waals surface area contributed by atoms with Gasteiger partial charge in [-0.3, -0.25) is 9.59 Å². The fourth-order valence-electron chi connectivity index (χ4n) is 4.41. The highest BCUT2D eigenvalue weighted by molar-refractivity contribution is 6.47. The molecule has 2 aromatic carbocycles. The summed E-state index contributed by atoms with van der Waals surface area (Å²) in [6, 6.07) is 8.25. The van der Waals surface area contributed by atoms with Crippen LogP contribution in [0, 0.1) is 0 Å². The second-order valence-corrected chi connectivity index (χ2v) is 8.52. The molecule has 1 saturated carbocycles. The summed E-state index contributed by atoms with van der Waals surface area (Å²) >= 11 is 12.1. The Hall–Kier alpha value is -2.70. The van der Waals surface area contributed by atoms with E-state index in [2.05, 4.69) is 0 Å². The third kappa shape index (κ3) is 3.75. The first kappa shape index (κ1) is 21.5. The van der Waals surface area contributed by atoms with Gasteiger partial charge < -0.3 is 19.8 Å². The van der Waals surface area contributed by atoms with Crippen molar-refractivity contribution in [1.29, 1.82) is 0 Å². The zero-order valence-electron chi connectivity index (χ0n) is 16.8. The number of aliphatic hydroxyl groups is 1. The lowest BCUT2D eigenvalue weighted by molar-refractivity contribution is -0.141. The summed E-state index contributed by atoms with van der Waals surface area (Å²) in [5.74, 6) is -1.61. The molecule has 1 amide bonds. The molecular weight excluding hydrogens is 441 g/mol. The maximum atomic E-state index is 13.1. The quantitative estimate of drug-likeness (QED) is 0.376. The number of carbonyl (C=O) groups excluding carboxylic acids is 2. The summed E-state index contributed by atoms with van der Waals surface area (Å²) in [5.41, 5.74) is 0.743. The lowest BCUT2D eigenvalue weighted by Crippen LogP contribution is -2.37. The highest BCUT2D eigenvalue weighted by Crippen LogP contribution is 2.45. The average Bonchev–Trinajstić information content (AvgIpc) is 3.36. The molecule has 0 bridgehead atoms. The van der Waals surface area contributed by atoms with Gasteiger partial charge in [-0.05, 0) is 48.7 Å². The minimum atomic E-state index is -0.839. The molecule has 1 saturated heterocycles. The van der Waals surface area contributed by atoms with E-state index in [9.17, 15) is 19.8 Å². The molecule has 2 aliphatic rings. The van der Waals surface area contributed by atoms with Gasteiger partial charge in [-0.15, -0.1) is 0 Å². The second-order valence-electron chi connectivity index (χ2n) is 7.70. The number of hydrogen-bond donors (Lipinski definition) is 2. The largest absolute Gasteiger partial charge is 0.507 e. The smallest absolute Gasteiger partial charge is 0.295 e. The van der Waals surface area contributed by atoms with Crippen LogP contribution >= 0.6 is 23.2 Å². The van der Waals surface area contributed by atoms with Crippen molar-refractivity contribution in [2.75, 3.05) is 7.11 Å². The summed E-state index contributed by atoms with van der Waals surface area (Å²) in [6.07, 6.45) is 3.47. The summed E-state index contributed by atoms with van der Waals surface area (Å²) < 4.78 is 5.11. The standard InChI is InChI=1S/C23H21Cl2NO5/c1-31-18-9-7-12(11-17(18)27)20-19(21(28)13-6-8-15(24)16(25)10-13)22(29)23(30)26(20)14-4-2-3-5-14/h6-11,14,20,27-28H,2-5H2,1H3/b21-19-. The maximum absolute atomic E-state index is 13.1. The first-order valence-corrected chi connectivity index (χ1v) is 10.7. The topological polar surface area (TPSA) is 87.1 Å². The van der Waals surface area contributed by atoms with Crippen molar-refractivity contribution in [3.63, 3.8) is 0 Å². The third-order valence-corrected chi connectivity index (χ3v) is 6.65. The SMILES string of the molecule is COc1ccc(C2/C(=C(/O)c3ccc(Cl)c(Cl)c3)C(=O)C(=O)N2C2CCCC2)cc1O. The maximum Gasteiger partial charge on any atom is 0.295 e. The fraction of sp³-hybridized carbons (Fsp3) is 0.304. The molecule has 31 heavy (non-hydrogen) atoms. The highest BCUT2D eigenvalue weighted by Gasteiger charge is 2.49. The Morgan fingerprint density at radius 3 is 2.39 bits per heavy atom. The van der Waals surface area contributed by atoms with Gasteiger partial charge in [-0.25, -0.2) is 0 Å².